The Morgan fingerprint density at radius 3 is 1.40 bits per heavy atom. The molecule has 0 spiro atoms. The highest BCUT2D eigenvalue weighted by Gasteiger charge is 2.64. The SMILES string of the molecule is CC(=O)N[C@H]1[C@H](O[C@@H]2[C@H](O)[C@@H](O[C@@H]3O[C@@H](C)[C@@H](O)[C@@H](O)[C@@H]3O)[C@H](O[C@H]3[C@H](O)[C@@H](O)[C@H](O)O[C@@H]3CO)O[C@@H]2CO)O[C@H](CO)[C@H](O)[C@@H]1O[C@@H]1O[C@H](CO)[C@H](O)[C@H](O[C@]2(C(=O)O)C[C@H](O)[C@@H](NC(C)=O)[C@H]([C@H](O)[C@@H](CO)O[C@]3(C(=O)O)C[C@H](O)[C@@H](NC(C)=O)[C@H]([C@H](O)[C@H](O)CO)O3)O2)[C@H]1O. The van der Waals surface area contributed by atoms with Crippen molar-refractivity contribution < 1.29 is 203 Å². The zero-order chi connectivity index (χ0) is 73.1. The van der Waals surface area contributed by atoms with Gasteiger partial charge < -0.3 is 195 Å². The van der Waals surface area contributed by atoms with Gasteiger partial charge in [-0.1, -0.05) is 0 Å². The molecule has 0 aromatic heterocycles. The summed E-state index contributed by atoms with van der Waals surface area (Å²) in [5.74, 6) is -14.3. The van der Waals surface area contributed by atoms with Gasteiger partial charge in [-0.15, -0.1) is 0 Å². The van der Waals surface area contributed by atoms with Gasteiger partial charge in [-0.2, -0.15) is 0 Å². The van der Waals surface area contributed by atoms with Gasteiger partial charge in [0.05, 0.1) is 70.0 Å². The molecule has 7 saturated heterocycles. The van der Waals surface area contributed by atoms with Crippen molar-refractivity contribution in [1.29, 1.82) is 0 Å². The molecule has 0 saturated carbocycles. The van der Waals surface area contributed by atoms with Crippen LogP contribution in [0, 0.1) is 0 Å². The van der Waals surface area contributed by atoms with Gasteiger partial charge in [0.1, 0.15) is 153 Å². The number of aliphatic hydroxyl groups excluding tert-OH is 21. The van der Waals surface area contributed by atoms with E-state index in [1.165, 1.54) is 6.92 Å². The highest BCUT2D eigenvalue weighted by atomic mass is 16.8. The average molecular weight is 1440 g/mol. The molecule has 0 aromatic rings. The number of carbonyl (C=O) groups is 5. The molecule has 44 nitrogen and oxygen atoms in total. The van der Waals surface area contributed by atoms with Gasteiger partial charge >= 0.3 is 11.9 Å². The van der Waals surface area contributed by atoms with Crippen LogP contribution in [0.3, 0.4) is 0 Å². The van der Waals surface area contributed by atoms with E-state index in [1.807, 2.05) is 0 Å². The number of hydrogen-bond donors (Lipinski definition) is 26. The Labute approximate surface area is 553 Å². The van der Waals surface area contributed by atoms with Crippen molar-refractivity contribution in [2.24, 2.45) is 0 Å². The Morgan fingerprint density at radius 1 is 0.439 bits per heavy atom. The van der Waals surface area contributed by atoms with Crippen molar-refractivity contribution in [2.75, 3.05) is 39.6 Å². The minimum atomic E-state index is -3.54. The van der Waals surface area contributed by atoms with E-state index >= 15 is 0 Å². The van der Waals surface area contributed by atoms with Crippen LogP contribution >= 0.6 is 0 Å². The van der Waals surface area contributed by atoms with Crippen molar-refractivity contribution >= 4 is 29.7 Å². The summed E-state index contributed by atoms with van der Waals surface area (Å²) in [5.41, 5.74) is 0. The van der Waals surface area contributed by atoms with Gasteiger partial charge in [0.2, 0.25) is 17.7 Å². The maximum Gasteiger partial charge on any atom is 0.364 e. The predicted octanol–water partition coefficient (Wildman–Crippen LogP) is -16.4. The number of ether oxygens (including phenoxy) is 13. The number of hydrogen-bond acceptors (Lipinski definition) is 39. The largest absolute Gasteiger partial charge is 0.477 e. The molecule has 7 aliphatic rings. The molecule has 98 heavy (non-hydrogen) atoms. The highest BCUT2D eigenvalue weighted by molar-refractivity contribution is 5.77. The summed E-state index contributed by atoms with van der Waals surface area (Å²) in [6.45, 7) is -3.48. The lowest BCUT2D eigenvalue weighted by molar-refractivity contribution is -0.401. The van der Waals surface area contributed by atoms with Crippen LogP contribution in [0.1, 0.15) is 40.5 Å². The predicted molar refractivity (Wildman–Crippen MR) is 300 cm³/mol. The van der Waals surface area contributed by atoms with Crippen LogP contribution in [-0.4, -0.2) is 413 Å². The van der Waals surface area contributed by atoms with Crippen LogP contribution in [0.5, 0.6) is 0 Å². The summed E-state index contributed by atoms with van der Waals surface area (Å²) in [5, 5.41) is 259. The van der Waals surface area contributed by atoms with Crippen LogP contribution in [0.2, 0.25) is 0 Å². The molecule has 7 rings (SSSR count). The summed E-state index contributed by atoms with van der Waals surface area (Å²) in [4.78, 5) is 64.8. The Balaban J connectivity index is 1.20. The second-order valence-corrected chi connectivity index (χ2v) is 24.6. The average Bonchev–Trinajstić information content (AvgIpc) is 0.762. The Morgan fingerprint density at radius 2 is 0.878 bits per heavy atom. The summed E-state index contributed by atoms with van der Waals surface area (Å²) < 4.78 is 75.2. The van der Waals surface area contributed by atoms with Crippen LogP contribution in [0.25, 0.3) is 0 Å². The summed E-state index contributed by atoms with van der Waals surface area (Å²) in [6, 6.07) is -5.82. The molecule has 0 unspecified atom stereocenters. The van der Waals surface area contributed by atoms with E-state index in [2.05, 4.69) is 16.0 Å². The van der Waals surface area contributed by atoms with E-state index in [0.29, 0.717) is 0 Å². The van der Waals surface area contributed by atoms with E-state index in [1.54, 1.807) is 0 Å². The molecule has 37 atom stereocenters. The number of rotatable bonds is 27. The number of aliphatic carboxylic acids is 2. The van der Waals surface area contributed by atoms with Crippen molar-refractivity contribution in [1.82, 2.24) is 16.0 Å². The molecule has 566 valence electrons. The van der Waals surface area contributed by atoms with E-state index in [4.69, 9.17) is 61.6 Å². The van der Waals surface area contributed by atoms with Gasteiger partial charge in [0.25, 0.3) is 11.6 Å². The van der Waals surface area contributed by atoms with Crippen LogP contribution in [0.4, 0.5) is 0 Å². The number of aliphatic hydroxyl groups is 21. The Hall–Kier alpha value is -4.01. The normalized spacial score (nSPS) is 46.0. The first-order valence-corrected chi connectivity index (χ1v) is 30.7. The third-order valence-corrected chi connectivity index (χ3v) is 17.7. The molecule has 0 radical (unpaired) electrons. The fourth-order valence-electron chi connectivity index (χ4n) is 12.5. The first-order chi connectivity index (χ1) is 46.0. The molecule has 0 bridgehead atoms. The highest BCUT2D eigenvalue weighted by Crippen LogP contribution is 2.42. The molecule has 44 heteroatoms. The molecule has 7 aliphatic heterocycles. The number of carboxylic acid groups (broad SMARTS) is 2. The van der Waals surface area contributed by atoms with Gasteiger partial charge in [-0.25, -0.2) is 9.59 Å². The third-order valence-electron chi connectivity index (χ3n) is 17.7. The summed E-state index contributed by atoms with van der Waals surface area (Å²) >= 11 is 0. The minimum Gasteiger partial charge on any atom is -0.477 e. The second-order valence-electron chi connectivity index (χ2n) is 24.6. The van der Waals surface area contributed by atoms with Gasteiger partial charge in [-0.3, -0.25) is 14.4 Å². The lowest BCUT2D eigenvalue weighted by Crippen LogP contribution is -2.72. The first-order valence-electron chi connectivity index (χ1n) is 30.7. The Kier molecular flexibility index (Phi) is 28.3. The van der Waals surface area contributed by atoms with Crippen LogP contribution < -0.4 is 16.0 Å². The molecule has 7 heterocycles. The Bertz CT molecular complexity index is 2630. The summed E-state index contributed by atoms with van der Waals surface area (Å²) in [7, 11) is 0. The monoisotopic (exact) mass is 1440 g/mol. The first kappa shape index (κ1) is 81.3. The number of amides is 3. The van der Waals surface area contributed by atoms with Crippen molar-refractivity contribution in [3.8, 4) is 0 Å². The van der Waals surface area contributed by atoms with E-state index in [-0.39, 0.29) is 0 Å². The summed E-state index contributed by atoms with van der Waals surface area (Å²) in [6.07, 6.45) is -71.9. The fraction of sp³-hybridized carbons (Fsp3) is 0.907. The standard InChI is InChI=1S/C54H89N3O41/c1-13-28(70)33(75)36(78)48(86-13)94-45-37(79)40(24(12-63)90-50(45)92-39-23(11-62)87-46(81)35(77)34(39)76)91-47-27(57-16(4)66)41(30(72)20(8-59)88-47)93-49-38(80)44(31(73)21(9-60)89-49)98-54(52(84)85)6-18(68)26(56-15(3)65)43(97-54)32(74)22(10-61)95-53(51(82)83)5-17(67)25(55-14(2)64)42(96-53)29(71)19(69)7-58/h13,17-50,58-63,67-81H,5-12H2,1-4H3,(H,55,64)(H,56,65)(H,57,66)(H,82,83)(H,84,85)/t13-,17-,18-,19+,20+,21+,22+,23+,24+,25+,26+,27+,28+,29+,30-,31-,32+,33+,34+,35+,36-,37-,38+,39+,40-,41+,42+,43+,44-,45+,46+,47-,48-,49-,50-,53+,54-/m0/s1. The zero-order valence-corrected chi connectivity index (χ0v) is 52.5. The fourth-order valence-corrected chi connectivity index (χ4v) is 12.5. The van der Waals surface area contributed by atoms with Gasteiger partial charge in [-0.05, 0) is 6.92 Å². The molecule has 7 fully saturated rings. The molecular weight excluding hydrogens is 1350 g/mol. The third kappa shape index (κ3) is 17.3. The number of nitrogens with one attached hydrogen (secondary N) is 3. The quantitative estimate of drug-likeness (QED) is 0.0363. The van der Waals surface area contributed by atoms with Crippen molar-refractivity contribution in [2.45, 2.75) is 266 Å². The smallest absolute Gasteiger partial charge is 0.364 e. The maximum absolute atomic E-state index is 13.7. The van der Waals surface area contributed by atoms with Crippen molar-refractivity contribution in [3.05, 3.63) is 0 Å². The molecule has 26 N–H and O–H groups in total. The minimum absolute atomic E-state index is 0.864. The van der Waals surface area contributed by atoms with E-state index in [0.717, 1.165) is 20.8 Å². The lowest BCUT2D eigenvalue weighted by atomic mass is 9.87. The van der Waals surface area contributed by atoms with E-state index < -0.39 is 308 Å². The lowest BCUT2D eigenvalue weighted by Gasteiger charge is -2.52. The second kappa shape index (κ2) is 34.1. The maximum atomic E-state index is 13.7. The topological polar surface area (TPSA) is 707 Å². The molecule has 0 aromatic carbocycles. The van der Waals surface area contributed by atoms with Crippen LogP contribution in [0.15, 0.2) is 0 Å². The molecule has 0 aliphatic carbocycles. The van der Waals surface area contributed by atoms with Gasteiger partial charge in [0, 0.05) is 33.6 Å². The molecule has 3 amide bonds. The van der Waals surface area contributed by atoms with Gasteiger partial charge in [0.15, 0.2) is 31.5 Å². The number of carboxylic acids is 2. The van der Waals surface area contributed by atoms with Crippen molar-refractivity contribution in [3.63, 3.8) is 0 Å². The number of carbonyl (C=O) groups excluding carboxylic acids is 3. The molecular formula is C54H89N3O41. The van der Waals surface area contributed by atoms with Crippen LogP contribution in [-0.2, 0) is 85.6 Å². The zero-order valence-electron chi connectivity index (χ0n) is 52.5. The van der Waals surface area contributed by atoms with E-state index in [9.17, 15) is 141 Å².